The molecule has 0 saturated carbocycles. The lowest BCUT2D eigenvalue weighted by Crippen LogP contribution is -2.44. The third-order valence-electron chi connectivity index (χ3n) is 4.02. The first-order chi connectivity index (χ1) is 9.04. The van der Waals surface area contributed by atoms with Gasteiger partial charge in [-0.05, 0) is 48.7 Å². The molecule has 1 N–H and O–H groups in total. The minimum atomic E-state index is -0.0821. The topological polar surface area (TPSA) is 50.2 Å². The van der Waals surface area contributed by atoms with Crippen LogP contribution in [0.4, 0.5) is 5.69 Å². The average Bonchev–Trinajstić information content (AvgIpc) is 2.44. The summed E-state index contributed by atoms with van der Waals surface area (Å²) in [6.45, 7) is 4.17. The minimum Gasteiger partial charge on any atom is -0.369 e. The number of halogens is 1. The molecule has 0 aromatic carbocycles. The largest absolute Gasteiger partial charge is 0.369 e. The van der Waals surface area contributed by atoms with Crippen LogP contribution in [0.5, 0.6) is 0 Å². The molecule has 1 fully saturated rings. The zero-order valence-corrected chi connectivity index (χ0v) is 13.3. The van der Waals surface area contributed by atoms with Crippen LogP contribution in [0, 0.1) is 5.92 Å². The molecule has 1 aromatic rings. The lowest BCUT2D eigenvalue weighted by Gasteiger charge is -2.37. The normalized spacial score (nSPS) is 21.5. The maximum atomic E-state index is 11.9. The van der Waals surface area contributed by atoms with Crippen molar-refractivity contribution < 1.29 is 0 Å². The molecule has 6 heteroatoms. The van der Waals surface area contributed by atoms with Crippen LogP contribution in [0.2, 0.25) is 0 Å². The summed E-state index contributed by atoms with van der Waals surface area (Å²) in [7, 11) is 3.66. The van der Waals surface area contributed by atoms with Gasteiger partial charge in [-0.1, -0.05) is 0 Å². The molecule has 19 heavy (non-hydrogen) atoms. The van der Waals surface area contributed by atoms with E-state index in [-0.39, 0.29) is 5.56 Å². The molecule has 0 aliphatic carbocycles. The molecule has 0 spiro atoms. The van der Waals surface area contributed by atoms with Gasteiger partial charge in [0.05, 0.1) is 11.9 Å². The highest BCUT2D eigenvalue weighted by Crippen LogP contribution is 2.28. The zero-order valence-electron chi connectivity index (χ0n) is 11.7. The van der Waals surface area contributed by atoms with Crippen LogP contribution in [0.1, 0.15) is 19.8 Å². The molecule has 1 aliphatic rings. The highest BCUT2D eigenvalue weighted by Gasteiger charge is 2.25. The van der Waals surface area contributed by atoms with Gasteiger partial charge in [0.1, 0.15) is 4.47 Å². The van der Waals surface area contributed by atoms with Gasteiger partial charge in [0.25, 0.3) is 5.56 Å². The first-order valence-electron chi connectivity index (χ1n) is 6.68. The molecule has 0 bridgehead atoms. The second-order valence-electron chi connectivity index (χ2n) is 5.20. The lowest BCUT2D eigenvalue weighted by molar-refractivity contribution is 0.333. The Morgan fingerprint density at radius 2 is 2.32 bits per heavy atom. The van der Waals surface area contributed by atoms with Crippen LogP contribution in [0.3, 0.4) is 0 Å². The average molecular weight is 329 g/mol. The minimum absolute atomic E-state index is 0.0821. The quantitative estimate of drug-likeness (QED) is 0.910. The maximum absolute atomic E-state index is 11.9. The number of nitrogens with one attached hydrogen (secondary N) is 1. The fraction of sp³-hybridized carbons (Fsp3) is 0.692. The monoisotopic (exact) mass is 328 g/mol. The standard InChI is InChI=1S/C13H21BrN4O/c1-9(15-2)10-5-4-6-18(8-10)11-7-16-17(3)13(19)12(11)14/h7,9-10,15H,4-6,8H2,1-3H3. The van der Waals surface area contributed by atoms with Crippen LogP contribution >= 0.6 is 15.9 Å². The van der Waals surface area contributed by atoms with E-state index in [9.17, 15) is 4.79 Å². The van der Waals surface area contributed by atoms with E-state index in [4.69, 9.17) is 0 Å². The van der Waals surface area contributed by atoms with Crippen LogP contribution < -0.4 is 15.8 Å². The number of anilines is 1. The first-order valence-corrected chi connectivity index (χ1v) is 7.48. The van der Waals surface area contributed by atoms with Crippen LogP contribution in [-0.4, -0.2) is 36.0 Å². The molecule has 0 amide bonds. The highest BCUT2D eigenvalue weighted by molar-refractivity contribution is 9.10. The van der Waals surface area contributed by atoms with Crippen molar-refractivity contribution in [1.82, 2.24) is 15.1 Å². The van der Waals surface area contributed by atoms with E-state index < -0.39 is 0 Å². The van der Waals surface area contributed by atoms with Crippen molar-refractivity contribution in [3.05, 3.63) is 21.0 Å². The van der Waals surface area contributed by atoms with E-state index in [1.807, 2.05) is 7.05 Å². The fourth-order valence-corrected chi connectivity index (χ4v) is 3.20. The lowest BCUT2D eigenvalue weighted by atomic mass is 9.91. The second kappa shape index (κ2) is 6.05. The Hall–Kier alpha value is -0.880. The van der Waals surface area contributed by atoms with Crippen LogP contribution in [-0.2, 0) is 7.05 Å². The van der Waals surface area contributed by atoms with Crippen molar-refractivity contribution in [2.24, 2.45) is 13.0 Å². The molecule has 1 aromatic heterocycles. The SMILES string of the molecule is CNC(C)C1CCCN(c2cnn(C)c(=O)c2Br)C1. The summed E-state index contributed by atoms with van der Waals surface area (Å²) in [4.78, 5) is 14.2. The van der Waals surface area contributed by atoms with E-state index in [0.29, 0.717) is 16.4 Å². The predicted molar refractivity (Wildman–Crippen MR) is 80.6 cm³/mol. The second-order valence-corrected chi connectivity index (χ2v) is 5.99. The molecule has 0 radical (unpaired) electrons. The molecule has 2 heterocycles. The summed E-state index contributed by atoms with van der Waals surface area (Å²) in [6, 6.07) is 0.487. The smallest absolute Gasteiger partial charge is 0.282 e. The predicted octanol–water partition coefficient (Wildman–Crippen LogP) is 1.37. The van der Waals surface area contributed by atoms with Gasteiger partial charge < -0.3 is 10.2 Å². The number of aryl methyl sites for hydroxylation is 1. The van der Waals surface area contributed by atoms with Gasteiger partial charge >= 0.3 is 0 Å². The zero-order chi connectivity index (χ0) is 14.0. The summed E-state index contributed by atoms with van der Waals surface area (Å²) >= 11 is 3.41. The number of aromatic nitrogens is 2. The third kappa shape index (κ3) is 3.00. The summed E-state index contributed by atoms with van der Waals surface area (Å²) in [5.41, 5.74) is 0.831. The molecule has 2 unspecified atom stereocenters. The van der Waals surface area contributed by atoms with E-state index in [0.717, 1.165) is 25.2 Å². The van der Waals surface area contributed by atoms with Gasteiger partial charge in [0.15, 0.2) is 0 Å². The summed E-state index contributed by atoms with van der Waals surface area (Å²) in [5, 5.41) is 7.44. The number of hydrogen-bond donors (Lipinski definition) is 1. The molecule has 1 saturated heterocycles. The van der Waals surface area contributed by atoms with Crippen molar-refractivity contribution in [3.8, 4) is 0 Å². The maximum Gasteiger partial charge on any atom is 0.282 e. The summed E-state index contributed by atoms with van der Waals surface area (Å²) < 4.78 is 1.97. The van der Waals surface area contributed by atoms with Gasteiger partial charge in [-0.3, -0.25) is 4.79 Å². The fourth-order valence-electron chi connectivity index (χ4n) is 2.60. The van der Waals surface area contributed by atoms with Crippen molar-refractivity contribution in [3.63, 3.8) is 0 Å². The van der Waals surface area contributed by atoms with Gasteiger partial charge in [-0.2, -0.15) is 5.10 Å². The van der Waals surface area contributed by atoms with E-state index in [1.54, 1.807) is 13.2 Å². The Bertz CT molecular complexity index is 502. The first kappa shape index (κ1) is 14.5. The van der Waals surface area contributed by atoms with Gasteiger partial charge in [0.2, 0.25) is 0 Å². The molecule has 2 rings (SSSR count). The number of nitrogens with zero attached hydrogens (tertiary/aromatic N) is 3. The summed E-state index contributed by atoms with van der Waals surface area (Å²) in [6.07, 6.45) is 4.16. The molecule has 1 aliphatic heterocycles. The third-order valence-corrected chi connectivity index (χ3v) is 4.77. The van der Waals surface area contributed by atoms with E-state index >= 15 is 0 Å². The molecule has 2 atom stereocenters. The van der Waals surface area contributed by atoms with Gasteiger partial charge in [-0.15, -0.1) is 0 Å². The van der Waals surface area contributed by atoms with Gasteiger partial charge in [-0.25, -0.2) is 4.68 Å². The van der Waals surface area contributed by atoms with E-state index in [1.165, 1.54) is 11.1 Å². The Morgan fingerprint density at radius 1 is 1.58 bits per heavy atom. The summed E-state index contributed by atoms with van der Waals surface area (Å²) in [5.74, 6) is 0.606. The van der Waals surface area contributed by atoms with Crippen molar-refractivity contribution in [1.29, 1.82) is 0 Å². The van der Waals surface area contributed by atoms with Crippen LogP contribution in [0.25, 0.3) is 0 Å². The number of hydrogen-bond acceptors (Lipinski definition) is 4. The Labute approximate surface area is 122 Å². The Balaban J connectivity index is 2.22. The Kier molecular flexibility index (Phi) is 4.62. The van der Waals surface area contributed by atoms with Crippen molar-refractivity contribution in [2.45, 2.75) is 25.8 Å². The molecule has 5 nitrogen and oxygen atoms in total. The number of piperidine rings is 1. The van der Waals surface area contributed by atoms with E-state index in [2.05, 4.69) is 38.2 Å². The molecule has 106 valence electrons. The number of rotatable bonds is 3. The molecular weight excluding hydrogens is 308 g/mol. The van der Waals surface area contributed by atoms with Crippen molar-refractivity contribution >= 4 is 21.6 Å². The highest BCUT2D eigenvalue weighted by atomic mass is 79.9. The van der Waals surface area contributed by atoms with Gasteiger partial charge in [0, 0.05) is 26.2 Å². The van der Waals surface area contributed by atoms with Crippen LogP contribution in [0.15, 0.2) is 15.5 Å². The van der Waals surface area contributed by atoms with Crippen molar-refractivity contribution in [2.75, 3.05) is 25.0 Å². The Morgan fingerprint density at radius 3 is 3.00 bits per heavy atom. The molecular formula is C13H21BrN4O.